The summed E-state index contributed by atoms with van der Waals surface area (Å²) < 4.78 is 5.20. The van der Waals surface area contributed by atoms with Gasteiger partial charge in [-0.3, -0.25) is 4.79 Å². The molecule has 1 N–H and O–H groups in total. The predicted molar refractivity (Wildman–Crippen MR) is 75.0 cm³/mol. The van der Waals surface area contributed by atoms with Crippen LogP contribution in [0.1, 0.15) is 31.7 Å². The van der Waals surface area contributed by atoms with Crippen LogP contribution in [0.25, 0.3) is 0 Å². The molecule has 0 aliphatic heterocycles. The van der Waals surface area contributed by atoms with Gasteiger partial charge in [-0.2, -0.15) is 5.26 Å². The number of nitrogens with one attached hydrogen (secondary N) is 1. The van der Waals surface area contributed by atoms with E-state index in [-0.39, 0.29) is 11.8 Å². The van der Waals surface area contributed by atoms with Gasteiger partial charge in [-0.25, -0.2) is 0 Å². The third kappa shape index (κ3) is 4.63. The Morgan fingerprint density at radius 2 is 2.26 bits per heavy atom. The molecule has 1 unspecified atom stereocenters. The van der Waals surface area contributed by atoms with E-state index in [0.29, 0.717) is 24.3 Å². The van der Waals surface area contributed by atoms with Gasteiger partial charge in [-0.1, -0.05) is 13.0 Å². The average Bonchev–Trinajstić information content (AvgIpc) is 2.40. The van der Waals surface area contributed by atoms with Crippen molar-refractivity contribution >= 4 is 11.6 Å². The number of hydrogen-bond donors (Lipinski definition) is 1. The lowest BCUT2D eigenvalue weighted by atomic mass is 10.0. The van der Waals surface area contributed by atoms with E-state index in [9.17, 15) is 4.79 Å². The molecular weight excluding hydrogens is 240 g/mol. The molecule has 1 aromatic rings. The summed E-state index contributed by atoms with van der Waals surface area (Å²) in [5.41, 5.74) is 1.73. The first-order chi connectivity index (χ1) is 9.10. The summed E-state index contributed by atoms with van der Waals surface area (Å²) in [6.45, 7) is 3.91. The molecule has 19 heavy (non-hydrogen) atoms. The van der Waals surface area contributed by atoms with Crippen LogP contribution in [0.15, 0.2) is 18.2 Å². The number of methoxy groups -OCH3 is 1. The summed E-state index contributed by atoms with van der Waals surface area (Å²) >= 11 is 0. The molecule has 0 spiro atoms. The van der Waals surface area contributed by atoms with Crippen LogP contribution in [0.2, 0.25) is 0 Å². The number of nitrogens with zero attached hydrogens (tertiary/aromatic N) is 1. The number of ether oxygens (including phenoxy) is 1. The molecular formula is C15H20N2O2. The van der Waals surface area contributed by atoms with Gasteiger partial charge in [0.15, 0.2) is 0 Å². The number of hydrogen-bond acceptors (Lipinski definition) is 3. The van der Waals surface area contributed by atoms with E-state index in [1.807, 2.05) is 32.0 Å². The van der Waals surface area contributed by atoms with Gasteiger partial charge < -0.3 is 10.1 Å². The first-order valence-corrected chi connectivity index (χ1v) is 6.44. The van der Waals surface area contributed by atoms with Crippen molar-refractivity contribution in [2.45, 2.75) is 33.1 Å². The quantitative estimate of drug-likeness (QED) is 0.853. The van der Waals surface area contributed by atoms with Crippen LogP contribution >= 0.6 is 0 Å². The van der Waals surface area contributed by atoms with Gasteiger partial charge in [0.1, 0.15) is 5.75 Å². The van der Waals surface area contributed by atoms with E-state index < -0.39 is 0 Å². The van der Waals surface area contributed by atoms with Crippen molar-refractivity contribution in [1.29, 1.82) is 5.26 Å². The lowest BCUT2D eigenvalue weighted by molar-refractivity contribution is -0.116. The normalized spacial score (nSPS) is 11.5. The van der Waals surface area contributed by atoms with Gasteiger partial charge in [-0.05, 0) is 37.5 Å². The Balaban J connectivity index is 2.62. The molecule has 4 heteroatoms. The fraction of sp³-hybridized carbons (Fsp3) is 0.467. The second kappa shape index (κ2) is 7.42. The number of rotatable bonds is 6. The minimum atomic E-state index is -0.0856. The number of nitriles is 1. The van der Waals surface area contributed by atoms with E-state index in [4.69, 9.17) is 10.00 Å². The van der Waals surface area contributed by atoms with Crippen LogP contribution in [-0.4, -0.2) is 13.0 Å². The van der Waals surface area contributed by atoms with Crippen molar-refractivity contribution in [1.82, 2.24) is 0 Å². The SMILES string of the molecule is CCC(C#N)CCC(=O)Nc1cc(C)ccc1OC. The maximum absolute atomic E-state index is 11.9. The number of carbonyl (C=O) groups is 1. The smallest absolute Gasteiger partial charge is 0.224 e. The molecule has 4 nitrogen and oxygen atoms in total. The van der Waals surface area contributed by atoms with E-state index in [0.717, 1.165) is 12.0 Å². The predicted octanol–water partition coefficient (Wildman–Crippen LogP) is 3.27. The van der Waals surface area contributed by atoms with Crippen LogP contribution in [0.4, 0.5) is 5.69 Å². The minimum Gasteiger partial charge on any atom is -0.495 e. The van der Waals surface area contributed by atoms with Crippen molar-refractivity contribution in [3.63, 3.8) is 0 Å². The van der Waals surface area contributed by atoms with Crippen molar-refractivity contribution in [3.8, 4) is 11.8 Å². The Labute approximate surface area is 114 Å². The van der Waals surface area contributed by atoms with E-state index in [2.05, 4.69) is 11.4 Å². The molecule has 0 fully saturated rings. The molecule has 1 rings (SSSR count). The second-order valence-corrected chi connectivity index (χ2v) is 4.52. The standard InChI is InChI=1S/C15H20N2O2/c1-4-12(10-16)6-8-15(18)17-13-9-11(2)5-7-14(13)19-3/h5,7,9,12H,4,6,8H2,1-3H3,(H,17,18). The van der Waals surface area contributed by atoms with Crippen LogP contribution in [-0.2, 0) is 4.79 Å². The molecule has 0 aliphatic rings. The summed E-state index contributed by atoms with van der Waals surface area (Å²) in [6, 6.07) is 7.83. The van der Waals surface area contributed by atoms with E-state index >= 15 is 0 Å². The van der Waals surface area contributed by atoms with Crippen molar-refractivity contribution in [2.24, 2.45) is 5.92 Å². The van der Waals surface area contributed by atoms with Gasteiger partial charge in [0.05, 0.1) is 18.9 Å². The van der Waals surface area contributed by atoms with Gasteiger partial charge in [-0.15, -0.1) is 0 Å². The summed E-state index contributed by atoms with van der Waals surface area (Å²) in [5.74, 6) is 0.508. The Morgan fingerprint density at radius 3 is 2.84 bits per heavy atom. The minimum absolute atomic E-state index is 0.0508. The van der Waals surface area contributed by atoms with Crippen molar-refractivity contribution < 1.29 is 9.53 Å². The second-order valence-electron chi connectivity index (χ2n) is 4.52. The van der Waals surface area contributed by atoms with E-state index in [1.165, 1.54) is 0 Å². The molecule has 0 radical (unpaired) electrons. The van der Waals surface area contributed by atoms with Gasteiger partial charge >= 0.3 is 0 Å². The molecule has 0 aromatic heterocycles. The van der Waals surface area contributed by atoms with E-state index in [1.54, 1.807) is 7.11 Å². The Morgan fingerprint density at radius 1 is 1.53 bits per heavy atom. The average molecular weight is 260 g/mol. The maximum Gasteiger partial charge on any atom is 0.224 e. The molecule has 1 aromatic carbocycles. The summed E-state index contributed by atoms with van der Waals surface area (Å²) in [5, 5.41) is 11.7. The fourth-order valence-electron chi connectivity index (χ4n) is 1.80. The molecule has 0 heterocycles. The van der Waals surface area contributed by atoms with Crippen LogP contribution < -0.4 is 10.1 Å². The zero-order valence-corrected chi connectivity index (χ0v) is 11.7. The highest BCUT2D eigenvalue weighted by molar-refractivity contribution is 5.92. The maximum atomic E-state index is 11.9. The summed E-state index contributed by atoms with van der Waals surface area (Å²) in [7, 11) is 1.57. The first kappa shape index (κ1) is 15.0. The van der Waals surface area contributed by atoms with Gasteiger partial charge in [0.25, 0.3) is 0 Å². The molecule has 0 saturated heterocycles. The molecule has 0 aliphatic carbocycles. The molecule has 1 amide bonds. The van der Waals surface area contributed by atoms with Crippen molar-refractivity contribution in [2.75, 3.05) is 12.4 Å². The number of carbonyl (C=O) groups excluding carboxylic acids is 1. The Kier molecular flexibility index (Phi) is 5.87. The molecule has 0 bridgehead atoms. The number of amides is 1. The van der Waals surface area contributed by atoms with Crippen molar-refractivity contribution in [3.05, 3.63) is 23.8 Å². The molecule has 1 atom stereocenters. The largest absolute Gasteiger partial charge is 0.495 e. The third-order valence-electron chi connectivity index (χ3n) is 3.02. The number of benzene rings is 1. The van der Waals surface area contributed by atoms with Gasteiger partial charge in [0, 0.05) is 12.3 Å². The third-order valence-corrected chi connectivity index (χ3v) is 3.02. The molecule has 102 valence electrons. The first-order valence-electron chi connectivity index (χ1n) is 6.44. The Bertz CT molecular complexity index is 478. The lowest BCUT2D eigenvalue weighted by Gasteiger charge is -2.11. The summed E-state index contributed by atoms with van der Waals surface area (Å²) in [4.78, 5) is 11.9. The number of anilines is 1. The van der Waals surface area contributed by atoms with Crippen LogP contribution in [0.5, 0.6) is 5.75 Å². The van der Waals surface area contributed by atoms with Gasteiger partial charge in [0.2, 0.25) is 5.91 Å². The zero-order chi connectivity index (χ0) is 14.3. The van der Waals surface area contributed by atoms with Crippen LogP contribution in [0.3, 0.4) is 0 Å². The molecule has 0 saturated carbocycles. The highest BCUT2D eigenvalue weighted by Gasteiger charge is 2.11. The lowest BCUT2D eigenvalue weighted by Crippen LogP contribution is -2.13. The highest BCUT2D eigenvalue weighted by Crippen LogP contribution is 2.25. The monoisotopic (exact) mass is 260 g/mol. The Hall–Kier alpha value is -2.02. The fourth-order valence-corrected chi connectivity index (χ4v) is 1.80. The van der Waals surface area contributed by atoms with Crippen LogP contribution in [0, 0.1) is 24.2 Å². The topological polar surface area (TPSA) is 62.1 Å². The summed E-state index contributed by atoms with van der Waals surface area (Å²) in [6.07, 6.45) is 1.72. The highest BCUT2D eigenvalue weighted by atomic mass is 16.5. The zero-order valence-electron chi connectivity index (χ0n) is 11.7. The number of aryl methyl sites for hydroxylation is 1.